The second-order valence-electron chi connectivity index (χ2n) is 3.80. The van der Waals surface area contributed by atoms with Gasteiger partial charge in [0.25, 0.3) is 0 Å². The average Bonchev–Trinajstić information content (AvgIpc) is 2.13. The number of aldehydes is 1. The molecule has 0 aromatic heterocycles. The molecule has 0 bridgehead atoms. The van der Waals surface area contributed by atoms with Gasteiger partial charge in [-0.05, 0) is 11.8 Å². The second-order valence-corrected chi connectivity index (χ2v) is 3.80. The van der Waals surface area contributed by atoms with Crippen LogP contribution < -0.4 is 0 Å². The highest BCUT2D eigenvalue weighted by Crippen LogP contribution is 2.23. The van der Waals surface area contributed by atoms with Gasteiger partial charge in [-0.15, -0.1) is 0 Å². The Morgan fingerprint density at radius 1 is 1.38 bits per heavy atom. The first kappa shape index (κ1) is 12.6. The summed E-state index contributed by atoms with van der Waals surface area (Å²) in [6, 6.07) is 0. The van der Waals surface area contributed by atoms with E-state index in [-0.39, 0.29) is 6.10 Å². The molecule has 0 amide bonds. The summed E-state index contributed by atoms with van der Waals surface area (Å²) in [5.41, 5.74) is 0. The van der Waals surface area contributed by atoms with E-state index in [4.69, 9.17) is 4.74 Å². The van der Waals surface area contributed by atoms with Gasteiger partial charge in [-0.2, -0.15) is 0 Å². The predicted octanol–water partition coefficient (Wildman–Crippen LogP) is 2.66. The highest BCUT2D eigenvalue weighted by Gasteiger charge is 2.21. The van der Waals surface area contributed by atoms with Crippen molar-refractivity contribution in [2.24, 2.45) is 11.8 Å². The number of carbonyl (C=O) groups is 1. The highest BCUT2D eigenvalue weighted by molar-refractivity contribution is 5.50. The summed E-state index contributed by atoms with van der Waals surface area (Å²) in [7, 11) is 1.68. The summed E-state index contributed by atoms with van der Waals surface area (Å²) < 4.78 is 5.29. The fourth-order valence-corrected chi connectivity index (χ4v) is 1.71. The molecule has 0 saturated carbocycles. The summed E-state index contributed by atoms with van der Waals surface area (Å²) in [4.78, 5) is 10.4. The van der Waals surface area contributed by atoms with Crippen LogP contribution in [0.2, 0.25) is 0 Å². The molecule has 0 radical (unpaired) electrons. The smallest absolute Gasteiger partial charge is 0.122 e. The van der Waals surface area contributed by atoms with Gasteiger partial charge in [0, 0.05) is 13.5 Å². The van der Waals surface area contributed by atoms with Crippen LogP contribution in [0.5, 0.6) is 0 Å². The molecule has 0 rings (SSSR count). The van der Waals surface area contributed by atoms with Crippen LogP contribution in [-0.2, 0) is 9.53 Å². The summed E-state index contributed by atoms with van der Waals surface area (Å²) in [6.45, 7) is 6.58. The van der Waals surface area contributed by atoms with E-state index in [1.165, 1.54) is 12.8 Å². The minimum Gasteiger partial charge on any atom is -0.381 e. The van der Waals surface area contributed by atoms with E-state index in [1.807, 2.05) is 0 Å². The SMILES string of the molecule is CCCC(C)C(C)C(CC=O)OC. The van der Waals surface area contributed by atoms with Crippen LogP contribution >= 0.6 is 0 Å². The monoisotopic (exact) mass is 186 g/mol. The first-order chi connectivity index (χ1) is 6.17. The van der Waals surface area contributed by atoms with Crippen LogP contribution in [0.15, 0.2) is 0 Å². The summed E-state index contributed by atoms with van der Waals surface area (Å²) in [6.07, 6.45) is 3.97. The molecule has 2 nitrogen and oxygen atoms in total. The second kappa shape index (κ2) is 7.07. The molecule has 0 aliphatic rings. The average molecular weight is 186 g/mol. The van der Waals surface area contributed by atoms with E-state index in [9.17, 15) is 4.79 Å². The molecule has 0 aliphatic heterocycles. The lowest BCUT2D eigenvalue weighted by Gasteiger charge is -2.26. The zero-order valence-corrected chi connectivity index (χ0v) is 9.25. The van der Waals surface area contributed by atoms with E-state index < -0.39 is 0 Å². The Balaban J connectivity index is 4.01. The number of methoxy groups -OCH3 is 1. The van der Waals surface area contributed by atoms with Crippen molar-refractivity contribution in [1.82, 2.24) is 0 Å². The van der Waals surface area contributed by atoms with Gasteiger partial charge in [-0.3, -0.25) is 0 Å². The van der Waals surface area contributed by atoms with Gasteiger partial charge in [-0.1, -0.05) is 33.6 Å². The fraction of sp³-hybridized carbons (Fsp3) is 0.909. The van der Waals surface area contributed by atoms with Crippen molar-refractivity contribution >= 4 is 6.29 Å². The van der Waals surface area contributed by atoms with Gasteiger partial charge in [0.05, 0.1) is 6.10 Å². The van der Waals surface area contributed by atoms with E-state index >= 15 is 0 Å². The normalized spacial score (nSPS) is 17.8. The molecular weight excluding hydrogens is 164 g/mol. The highest BCUT2D eigenvalue weighted by atomic mass is 16.5. The Bertz CT molecular complexity index is 134. The van der Waals surface area contributed by atoms with E-state index in [1.54, 1.807) is 7.11 Å². The third-order valence-electron chi connectivity index (χ3n) is 2.86. The van der Waals surface area contributed by atoms with E-state index in [2.05, 4.69) is 20.8 Å². The maximum atomic E-state index is 10.4. The van der Waals surface area contributed by atoms with Gasteiger partial charge >= 0.3 is 0 Å². The lowest BCUT2D eigenvalue weighted by Crippen LogP contribution is -2.26. The minimum atomic E-state index is 0.0963. The molecule has 3 unspecified atom stereocenters. The lowest BCUT2D eigenvalue weighted by molar-refractivity contribution is -0.111. The van der Waals surface area contributed by atoms with Crippen molar-refractivity contribution in [2.45, 2.75) is 46.1 Å². The lowest BCUT2D eigenvalue weighted by atomic mass is 9.86. The third kappa shape index (κ3) is 4.41. The number of hydrogen-bond acceptors (Lipinski definition) is 2. The van der Waals surface area contributed by atoms with E-state index in [0.29, 0.717) is 18.3 Å². The van der Waals surface area contributed by atoms with Crippen LogP contribution in [0, 0.1) is 11.8 Å². The number of hydrogen-bond donors (Lipinski definition) is 0. The van der Waals surface area contributed by atoms with Crippen molar-refractivity contribution in [3.8, 4) is 0 Å². The Hall–Kier alpha value is -0.370. The van der Waals surface area contributed by atoms with Gasteiger partial charge < -0.3 is 9.53 Å². The Morgan fingerprint density at radius 3 is 2.38 bits per heavy atom. The molecule has 3 atom stereocenters. The molecule has 0 spiro atoms. The molecule has 0 aliphatic carbocycles. The van der Waals surface area contributed by atoms with Crippen molar-refractivity contribution < 1.29 is 9.53 Å². The molecule has 78 valence electrons. The molecule has 0 aromatic rings. The van der Waals surface area contributed by atoms with Crippen molar-refractivity contribution in [2.75, 3.05) is 7.11 Å². The molecular formula is C11H22O2. The molecule has 0 saturated heterocycles. The predicted molar refractivity (Wildman–Crippen MR) is 54.7 cm³/mol. The van der Waals surface area contributed by atoms with E-state index in [0.717, 1.165) is 6.29 Å². The molecule has 0 fully saturated rings. The molecule has 0 N–H and O–H groups in total. The minimum absolute atomic E-state index is 0.0963. The zero-order chi connectivity index (χ0) is 10.3. The molecule has 2 heteroatoms. The first-order valence-electron chi connectivity index (χ1n) is 5.13. The van der Waals surface area contributed by atoms with Crippen molar-refractivity contribution in [3.05, 3.63) is 0 Å². The molecule has 0 aromatic carbocycles. The van der Waals surface area contributed by atoms with Crippen LogP contribution in [0.3, 0.4) is 0 Å². The fourth-order valence-electron chi connectivity index (χ4n) is 1.71. The van der Waals surface area contributed by atoms with Crippen molar-refractivity contribution in [1.29, 1.82) is 0 Å². The van der Waals surface area contributed by atoms with Gasteiger partial charge in [-0.25, -0.2) is 0 Å². The summed E-state index contributed by atoms with van der Waals surface area (Å²) in [5, 5.41) is 0. The number of ether oxygens (including phenoxy) is 1. The van der Waals surface area contributed by atoms with Gasteiger partial charge in [0.2, 0.25) is 0 Å². The molecule has 13 heavy (non-hydrogen) atoms. The van der Waals surface area contributed by atoms with Crippen LogP contribution in [0.1, 0.15) is 40.0 Å². The maximum absolute atomic E-state index is 10.4. The Morgan fingerprint density at radius 2 is 2.00 bits per heavy atom. The molecule has 0 heterocycles. The summed E-state index contributed by atoms with van der Waals surface area (Å²) in [5.74, 6) is 1.10. The van der Waals surface area contributed by atoms with Crippen LogP contribution in [0.25, 0.3) is 0 Å². The quantitative estimate of drug-likeness (QED) is 0.571. The standard InChI is InChI=1S/C11H22O2/c1-5-6-9(2)10(3)11(13-4)7-8-12/h8-11H,5-7H2,1-4H3. The number of carbonyl (C=O) groups excluding carboxylic acids is 1. The zero-order valence-electron chi connectivity index (χ0n) is 9.25. The topological polar surface area (TPSA) is 26.3 Å². The van der Waals surface area contributed by atoms with Crippen molar-refractivity contribution in [3.63, 3.8) is 0 Å². The number of rotatable bonds is 7. The Labute approximate surface area is 81.7 Å². The van der Waals surface area contributed by atoms with Crippen LogP contribution in [-0.4, -0.2) is 19.5 Å². The first-order valence-corrected chi connectivity index (χ1v) is 5.13. The van der Waals surface area contributed by atoms with Crippen LogP contribution in [0.4, 0.5) is 0 Å². The third-order valence-corrected chi connectivity index (χ3v) is 2.86. The maximum Gasteiger partial charge on any atom is 0.122 e. The largest absolute Gasteiger partial charge is 0.381 e. The van der Waals surface area contributed by atoms with Gasteiger partial charge in [0.15, 0.2) is 0 Å². The Kier molecular flexibility index (Phi) is 6.87. The van der Waals surface area contributed by atoms with Gasteiger partial charge in [0.1, 0.15) is 6.29 Å². The summed E-state index contributed by atoms with van der Waals surface area (Å²) >= 11 is 0.